The van der Waals surface area contributed by atoms with Gasteiger partial charge in [0, 0.05) is 6.04 Å². The van der Waals surface area contributed by atoms with E-state index >= 15 is 0 Å². The van der Waals surface area contributed by atoms with Gasteiger partial charge in [-0.15, -0.1) is 5.10 Å². The predicted molar refractivity (Wildman–Crippen MR) is 69.1 cm³/mol. The normalized spacial score (nSPS) is 12.7. The molecule has 0 radical (unpaired) electrons. The number of halogens is 1. The number of nitrogens with one attached hydrogen (secondary N) is 2. The fourth-order valence-electron chi connectivity index (χ4n) is 1.50. The standard InChI is InChI=1S/C12H15FN4S/c1-7(14-3)9-4-5-11(10(13)6-9)18-12-15-8(2)16-17-12/h4-7,14H,1-3H3,(H,15,16,17). The van der Waals surface area contributed by atoms with Crippen LogP contribution in [-0.4, -0.2) is 22.2 Å². The third kappa shape index (κ3) is 2.88. The average molecular weight is 266 g/mol. The maximum atomic E-state index is 13.9. The van der Waals surface area contributed by atoms with Gasteiger partial charge in [0.05, 0.1) is 4.90 Å². The Morgan fingerprint density at radius 1 is 1.44 bits per heavy atom. The quantitative estimate of drug-likeness (QED) is 0.893. The first-order valence-electron chi connectivity index (χ1n) is 5.63. The number of nitrogens with zero attached hydrogens (tertiary/aromatic N) is 2. The van der Waals surface area contributed by atoms with Gasteiger partial charge in [-0.3, -0.25) is 5.10 Å². The Labute approximate surface area is 109 Å². The highest BCUT2D eigenvalue weighted by atomic mass is 32.2. The first kappa shape index (κ1) is 13.0. The van der Waals surface area contributed by atoms with Crippen LogP contribution in [0.1, 0.15) is 24.4 Å². The van der Waals surface area contributed by atoms with Crippen LogP contribution in [-0.2, 0) is 0 Å². The minimum absolute atomic E-state index is 0.129. The summed E-state index contributed by atoms with van der Waals surface area (Å²) in [5.74, 6) is 0.473. The number of aryl methyl sites for hydroxylation is 1. The molecule has 2 rings (SSSR count). The van der Waals surface area contributed by atoms with E-state index in [4.69, 9.17) is 0 Å². The number of H-pyrrole nitrogens is 1. The van der Waals surface area contributed by atoms with Crippen LogP contribution in [0.3, 0.4) is 0 Å². The molecule has 1 atom stereocenters. The predicted octanol–water partition coefficient (Wildman–Crippen LogP) is 2.68. The Morgan fingerprint density at radius 2 is 2.22 bits per heavy atom. The fourth-order valence-corrected chi connectivity index (χ4v) is 2.27. The summed E-state index contributed by atoms with van der Waals surface area (Å²) in [6, 6.07) is 5.34. The molecular weight excluding hydrogens is 251 g/mol. The second kappa shape index (κ2) is 5.49. The van der Waals surface area contributed by atoms with Crippen molar-refractivity contribution in [3.8, 4) is 0 Å². The zero-order valence-corrected chi connectivity index (χ0v) is 11.3. The third-order valence-corrected chi connectivity index (χ3v) is 3.58. The van der Waals surface area contributed by atoms with Crippen molar-refractivity contribution in [1.29, 1.82) is 0 Å². The molecule has 2 aromatic rings. The highest BCUT2D eigenvalue weighted by Gasteiger charge is 2.10. The molecule has 1 aromatic carbocycles. The van der Waals surface area contributed by atoms with Gasteiger partial charge in [-0.1, -0.05) is 6.07 Å². The lowest BCUT2D eigenvalue weighted by atomic mass is 10.1. The fraction of sp³-hybridized carbons (Fsp3) is 0.333. The lowest BCUT2D eigenvalue weighted by molar-refractivity contribution is 0.587. The first-order chi connectivity index (χ1) is 8.60. The summed E-state index contributed by atoms with van der Waals surface area (Å²) < 4.78 is 13.9. The molecule has 0 bridgehead atoms. The van der Waals surface area contributed by atoms with Crippen molar-refractivity contribution in [2.24, 2.45) is 0 Å². The maximum Gasteiger partial charge on any atom is 0.213 e. The average Bonchev–Trinajstić information content (AvgIpc) is 2.76. The van der Waals surface area contributed by atoms with E-state index in [9.17, 15) is 4.39 Å². The van der Waals surface area contributed by atoms with Crippen LogP contribution in [0.25, 0.3) is 0 Å². The Hall–Kier alpha value is -1.40. The van der Waals surface area contributed by atoms with Crippen molar-refractivity contribution < 1.29 is 4.39 Å². The maximum absolute atomic E-state index is 13.9. The highest BCUT2D eigenvalue weighted by molar-refractivity contribution is 7.99. The van der Waals surface area contributed by atoms with Gasteiger partial charge < -0.3 is 5.32 Å². The molecule has 2 N–H and O–H groups in total. The van der Waals surface area contributed by atoms with E-state index in [1.807, 2.05) is 27.0 Å². The molecule has 0 saturated carbocycles. The van der Waals surface area contributed by atoms with Gasteiger partial charge in [-0.05, 0) is 50.4 Å². The van der Waals surface area contributed by atoms with Crippen molar-refractivity contribution in [3.63, 3.8) is 0 Å². The Bertz CT molecular complexity index is 541. The summed E-state index contributed by atoms with van der Waals surface area (Å²) in [5.41, 5.74) is 0.922. The zero-order valence-electron chi connectivity index (χ0n) is 10.5. The number of aromatic nitrogens is 3. The molecule has 1 unspecified atom stereocenters. The molecule has 1 aromatic heterocycles. The SMILES string of the molecule is CNC(C)c1ccc(Sc2n[nH]c(C)n2)c(F)c1. The summed E-state index contributed by atoms with van der Waals surface area (Å²) in [7, 11) is 1.85. The highest BCUT2D eigenvalue weighted by Crippen LogP contribution is 2.28. The van der Waals surface area contributed by atoms with Crippen LogP contribution >= 0.6 is 11.8 Å². The lowest BCUT2D eigenvalue weighted by Gasteiger charge is -2.11. The molecular formula is C12H15FN4S. The second-order valence-electron chi connectivity index (χ2n) is 4.01. The zero-order chi connectivity index (χ0) is 13.1. The lowest BCUT2D eigenvalue weighted by Crippen LogP contribution is -2.12. The molecule has 18 heavy (non-hydrogen) atoms. The number of rotatable bonds is 4. The number of aromatic amines is 1. The van der Waals surface area contributed by atoms with E-state index in [2.05, 4.69) is 20.5 Å². The molecule has 0 aliphatic heterocycles. The van der Waals surface area contributed by atoms with Crippen molar-refractivity contribution >= 4 is 11.8 Å². The first-order valence-corrected chi connectivity index (χ1v) is 6.45. The van der Waals surface area contributed by atoms with E-state index in [-0.39, 0.29) is 11.9 Å². The molecule has 1 heterocycles. The Balaban J connectivity index is 2.19. The summed E-state index contributed by atoms with van der Waals surface area (Å²) in [6.07, 6.45) is 0. The van der Waals surface area contributed by atoms with Crippen LogP contribution in [0, 0.1) is 12.7 Å². The number of hydrogen-bond donors (Lipinski definition) is 2. The van der Waals surface area contributed by atoms with Gasteiger partial charge in [0.25, 0.3) is 0 Å². The summed E-state index contributed by atoms with van der Waals surface area (Å²) in [4.78, 5) is 4.67. The van der Waals surface area contributed by atoms with Crippen LogP contribution in [0.5, 0.6) is 0 Å². The number of benzene rings is 1. The molecule has 0 aliphatic carbocycles. The number of hydrogen-bond acceptors (Lipinski definition) is 4. The molecule has 0 aliphatic rings. The molecule has 96 valence electrons. The van der Waals surface area contributed by atoms with Crippen LogP contribution in [0.15, 0.2) is 28.3 Å². The van der Waals surface area contributed by atoms with Crippen LogP contribution in [0.2, 0.25) is 0 Å². The van der Waals surface area contributed by atoms with E-state index in [1.165, 1.54) is 11.8 Å². The molecule has 0 amide bonds. The van der Waals surface area contributed by atoms with Gasteiger partial charge in [0.2, 0.25) is 5.16 Å². The van der Waals surface area contributed by atoms with Crippen LogP contribution < -0.4 is 5.32 Å². The molecule has 0 spiro atoms. The van der Waals surface area contributed by atoms with E-state index in [0.717, 1.165) is 11.4 Å². The topological polar surface area (TPSA) is 53.6 Å². The van der Waals surface area contributed by atoms with Gasteiger partial charge in [0.1, 0.15) is 11.6 Å². The van der Waals surface area contributed by atoms with Gasteiger partial charge in [-0.2, -0.15) is 0 Å². The summed E-state index contributed by atoms with van der Waals surface area (Å²) in [5, 5.41) is 10.3. The smallest absolute Gasteiger partial charge is 0.213 e. The van der Waals surface area contributed by atoms with Crippen LogP contribution in [0.4, 0.5) is 4.39 Å². The van der Waals surface area contributed by atoms with Crippen molar-refractivity contribution in [1.82, 2.24) is 20.5 Å². The Kier molecular flexibility index (Phi) is 3.98. The van der Waals surface area contributed by atoms with E-state index < -0.39 is 0 Å². The molecule has 6 heteroatoms. The van der Waals surface area contributed by atoms with Crippen molar-refractivity contribution in [2.45, 2.75) is 29.9 Å². The second-order valence-corrected chi connectivity index (χ2v) is 5.01. The van der Waals surface area contributed by atoms with Gasteiger partial charge in [-0.25, -0.2) is 9.37 Å². The summed E-state index contributed by atoms with van der Waals surface area (Å²) >= 11 is 1.21. The van der Waals surface area contributed by atoms with E-state index in [0.29, 0.717) is 10.1 Å². The Morgan fingerprint density at radius 3 is 2.78 bits per heavy atom. The van der Waals surface area contributed by atoms with Gasteiger partial charge >= 0.3 is 0 Å². The van der Waals surface area contributed by atoms with E-state index in [1.54, 1.807) is 12.1 Å². The van der Waals surface area contributed by atoms with Crippen molar-refractivity contribution in [2.75, 3.05) is 7.05 Å². The minimum atomic E-state index is -0.248. The monoisotopic (exact) mass is 266 g/mol. The molecule has 0 fully saturated rings. The largest absolute Gasteiger partial charge is 0.313 e. The summed E-state index contributed by atoms with van der Waals surface area (Å²) in [6.45, 7) is 3.80. The van der Waals surface area contributed by atoms with Crippen molar-refractivity contribution in [3.05, 3.63) is 35.4 Å². The van der Waals surface area contributed by atoms with Gasteiger partial charge in [0.15, 0.2) is 0 Å². The molecule has 0 saturated heterocycles. The molecule has 4 nitrogen and oxygen atoms in total. The minimum Gasteiger partial charge on any atom is -0.313 e. The third-order valence-electron chi connectivity index (χ3n) is 2.67.